The van der Waals surface area contributed by atoms with E-state index in [9.17, 15) is 4.79 Å². The number of hydrogen-bond donors (Lipinski definition) is 1. The van der Waals surface area contributed by atoms with E-state index in [0.717, 1.165) is 19.4 Å². The van der Waals surface area contributed by atoms with Crippen LogP contribution in [0, 0.1) is 0 Å². The van der Waals surface area contributed by atoms with E-state index in [2.05, 4.69) is 18.7 Å². The molecule has 0 heterocycles. The van der Waals surface area contributed by atoms with E-state index >= 15 is 0 Å². The predicted molar refractivity (Wildman–Crippen MR) is 57.0 cm³/mol. The number of carbonyl (C=O) groups is 1. The molecule has 0 unspecified atom stereocenters. The molecule has 0 aromatic rings. The fourth-order valence-corrected chi connectivity index (χ4v) is 1.60. The summed E-state index contributed by atoms with van der Waals surface area (Å²) in [6.45, 7) is 5.98. The minimum Gasteiger partial charge on any atom is -0.383 e. The maximum atomic E-state index is 10.8. The van der Waals surface area contributed by atoms with Gasteiger partial charge in [-0.25, -0.2) is 0 Å². The molecule has 0 spiro atoms. The quantitative estimate of drug-likeness (QED) is 0.627. The van der Waals surface area contributed by atoms with Crippen LogP contribution in [0.3, 0.4) is 0 Å². The Balaban J connectivity index is 4.12. The Morgan fingerprint density at radius 1 is 1.43 bits per heavy atom. The number of rotatable bonds is 8. The highest BCUT2D eigenvalue weighted by atomic mass is 16.5. The van der Waals surface area contributed by atoms with Gasteiger partial charge >= 0.3 is 0 Å². The standard InChI is InChI=1S/C10H22N2O2/c1-4-9(5-2)12(6-7-14-3)8-10(11)13/h9H,4-8H2,1-3H3,(H2,11,13). The predicted octanol–water partition coefficient (Wildman–Crippen LogP) is 0.609. The molecule has 0 aromatic carbocycles. The fourth-order valence-electron chi connectivity index (χ4n) is 1.60. The van der Waals surface area contributed by atoms with Gasteiger partial charge in [-0.1, -0.05) is 13.8 Å². The van der Waals surface area contributed by atoms with Crippen LogP contribution in [0.4, 0.5) is 0 Å². The molecule has 0 rings (SSSR count). The first-order chi connectivity index (χ1) is 6.65. The normalized spacial score (nSPS) is 11.2. The first kappa shape index (κ1) is 13.4. The molecule has 0 aromatic heterocycles. The Morgan fingerprint density at radius 2 is 2.00 bits per heavy atom. The number of nitrogens with zero attached hydrogens (tertiary/aromatic N) is 1. The Hall–Kier alpha value is -0.610. The van der Waals surface area contributed by atoms with E-state index in [1.54, 1.807) is 7.11 Å². The average molecular weight is 202 g/mol. The molecular formula is C10H22N2O2. The number of ether oxygens (including phenoxy) is 1. The zero-order valence-electron chi connectivity index (χ0n) is 9.45. The monoisotopic (exact) mass is 202 g/mol. The molecule has 0 fully saturated rings. The van der Waals surface area contributed by atoms with E-state index in [4.69, 9.17) is 10.5 Å². The van der Waals surface area contributed by atoms with Crippen LogP contribution in [0.1, 0.15) is 26.7 Å². The van der Waals surface area contributed by atoms with E-state index in [0.29, 0.717) is 19.2 Å². The molecule has 0 aliphatic rings. The number of amides is 1. The summed E-state index contributed by atoms with van der Waals surface area (Å²) < 4.78 is 5.00. The summed E-state index contributed by atoms with van der Waals surface area (Å²) in [5, 5.41) is 0. The van der Waals surface area contributed by atoms with Crippen molar-refractivity contribution in [2.24, 2.45) is 5.73 Å². The largest absolute Gasteiger partial charge is 0.383 e. The Labute approximate surface area is 86.4 Å². The van der Waals surface area contributed by atoms with Crippen LogP contribution in [-0.2, 0) is 9.53 Å². The highest BCUT2D eigenvalue weighted by Gasteiger charge is 2.16. The molecular weight excluding hydrogens is 180 g/mol. The Morgan fingerprint density at radius 3 is 2.36 bits per heavy atom. The van der Waals surface area contributed by atoms with Gasteiger partial charge in [0.1, 0.15) is 0 Å². The van der Waals surface area contributed by atoms with Crippen molar-refractivity contribution in [1.82, 2.24) is 4.90 Å². The van der Waals surface area contributed by atoms with Crippen molar-refractivity contribution in [2.45, 2.75) is 32.7 Å². The first-order valence-corrected chi connectivity index (χ1v) is 5.16. The van der Waals surface area contributed by atoms with Gasteiger partial charge in [0.2, 0.25) is 5.91 Å². The van der Waals surface area contributed by atoms with Crippen molar-refractivity contribution in [3.63, 3.8) is 0 Å². The molecule has 0 bridgehead atoms. The summed E-state index contributed by atoms with van der Waals surface area (Å²) in [6, 6.07) is 0.428. The summed E-state index contributed by atoms with van der Waals surface area (Å²) in [6.07, 6.45) is 2.07. The summed E-state index contributed by atoms with van der Waals surface area (Å²) >= 11 is 0. The van der Waals surface area contributed by atoms with E-state index < -0.39 is 0 Å². The molecule has 2 N–H and O–H groups in total. The van der Waals surface area contributed by atoms with Gasteiger partial charge in [0.25, 0.3) is 0 Å². The molecule has 1 amide bonds. The smallest absolute Gasteiger partial charge is 0.231 e. The van der Waals surface area contributed by atoms with Gasteiger partial charge in [-0.2, -0.15) is 0 Å². The summed E-state index contributed by atoms with van der Waals surface area (Å²) in [5.41, 5.74) is 5.19. The van der Waals surface area contributed by atoms with Crippen LogP contribution in [-0.4, -0.2) is 43.7 Å². The number of primary amides is 1. The lowest BCUT2D eigenvalue weighted by Gasteiger charge is -2.28. The number of methoxy groups -OCH3 is 1. The molecule has 0 atom stereocenters. The second-order valence-corrected chi connectivity index (χ2v) is 3.40. The lowest BCUT2D eigenvalue weighted by atomic mass is 10.1. The molecule has 0 saturated heterocycles. The van der Waals surface area contributed by atoms with Crippen LogP contribution < -0.4 is 5.73 Å². The maximum absolute atomic E-state index is 10.8. The fraction of sp³-hybridized carbons (Fsp3) is 0.900. The third-order valence-corrected chi connectivity index (χ3v) is 2.40. The van der Waals surface area contributed by atoms with Crippen molar-refractivity contribution in [3.05, 3.63) is 0 Å². The lowest BCUT2D eigenvalue weighted by Crippen LogP contribution is -2.42. The zero-order valence-corrected chi connectivity index (χ0v) is 9.45. The van der Waals surface area contributed by atoms with Gasteiger partial charge in [-0.05, 0) is 12.8 Å². The molecule has 4 nitrogen and oxygen atoms in total. The second kappa shape index (κ2) is 7.76. The van der Waals surface area contributed by atoms with E-state index in [1.165, 1.54) is 0 Å². The minimum absolute atomic E-state index is 0.270. The van der Waals surface area contributed by atoms with Gasteiger partial charge in [-0.15, -0.1) is 0 Å². The van der Waals surface area contributed by atoms with Gasteiger partial charge < -0.3 is 10.5 Å². The number of hydrogen-bond acceptors (Lipinski definition) is 3. The van der Waals surface area contributed by atoms with E-state index in [1.807, 2.05) is 0 Å². The van der Waals surface area contributed by atoms with Crippen LogP contribution in [0.15, 0.2) is 0 Å². The van der Waals surface area contributed by atoms with Gasteiger partial charge in [0.15, 0.2) is 0 Å². The molecule has 0 aliphatic carbocycles. The average Bonchev–Trinajstić information content (AvgIpc) is 2.15. The van der Waals surface area contributed by atoms with E-state index in [-0.39, 0.29) is 5.91 Å². The first-order valence-electron chi connectivity index (χ1n) is 5.16. The minimum atomic E-state index is -0.270. The lowest BCUT2D eigenvalue weighted by molar-refractivity contribution is -0.119. The molecule has 0 aliphatic heterocycles. The third kappa shape index (κ3) is 5.19. The van der Waals surface area contributed by atoms with Crippen molar-refractivity contribution in [2.75, 3.05) is 26.8 Å². The SMILES string of the molecule is CCC(CC)N(CCOC)CC(N)=O. The highest BCUT2D eigenvalue weighted by Crippen LogP contribution is 2.07. The topological polar surface area (TPSA) is 55.6 Å². The maximum Gasteiger partial charge on any atom is 0.231 e. The molecule has 0 saturated carbocycles. The van der Waals surface area contributed by atoms with Crippen molar-refractivity contribution >= 4 is 5.91 Å². The second-order valence-electron chi connectivity index (χ2n) is 3.40. The van der Waals surface area contributed by atoms with Crippen molar-refractivity contribution in [3.8, 4) is 0 Å². The van der Waals surface area contributed by atoms with Crippen LogP contribution in [0.2, 0.25) is 0 Å². The zero-order chi connectivity index (χ0) is 11.0. The molecule has 14 heavy (non-hydrogen) atoms. The molecule has 4 heteroatoms. The molecule has 84 valence electrons. The number of carbonyl (C=O) groups excluding carboxylic acids is 1. The van der Waals surface area contributed by atoms with Gasteiger partial charge in [0, 0.05) is 19.7 Å². The van der Waals surface area contributed by atoms with Crippen molar-refractivity contribution < 1.29 is 9.53 Å². The third-order valence-electron chi connectivity index (χ3n) is 2.40. The van der Waals surface area contributed by atoms with Gasteiger partial charge in [0.05, 0.1) is 13.2 Å². The van der Waals surface area contributed by atoms with Gasteiger partial charge in [-0.3, -0.25) is 9.69 Å². The van der Waals surface area contributed by atoms with Crippen LogP contribution in [0.5, 0.6) is 0 Å². The highest BCUT2D eigenvalue weighted by molar-refractivity contribution is 5.75. The summed E-state index contributed by atoms with van der Waals surface area (Å²) in [4.78, 5) is 12.9. The van der Waals surface area contributed by atoms with Crippen LogP contribution in [0.25, 0.3) is 0 Å². The van der Waals surface area contributed by atoms with Crippen LogP contribution >= 0.6 is 0 Å². The van der Waals surface area contributed by atoms with Crippen molar-refractivity contribution in [1.29, 1.82) is 0 Å². The summed E-state index contributed by atoms with van der Waals surface area (Å²) in [5.74, 6) is -0.270. The Bertz CT molecular complexity index is 158. The molecule has 0 radical (unpaired) electrons. The number of nitrogens with two attached hydrogens (primary N) is 1. The summed E-state index contributed by atoms with van der Waals surface area (Å²) in [7, 11) is 1.66. The Kier molecular flexibility index (Phi) is 7.42.